The Morgan fingerprint density at radius 3 is 2.77 bits per heavy atom. The number of aromatic nitrogens is 2. The van der Waals surface area contributed by atoms with Crippen LogP contribution in [0.25, 0.3) is 11.4 Å². The van der Waals surface area contributed by atoms with Crippen LogP contribution in [0.1, 0.15) is 42.0 Å². The number of nitrogens with one attached hydrogen (secondary N) is 1. The second-order valence-corrected chi connectivity index (χ2v) is 7.93. The summed E-state index contributed by atoms with van der Waals surface area (Å²) in [7, 11) is 2.13. The van der Waals surface area contributed by atoms with Crippen LogP contribution in [-0.4, -0.2) is 21.9 Å². The Morgan fingerprint density at radius 2 is 2.04 bits per heavy atom. The molecule has 3 aromatic rings. The fourth-order valence-corrected chi connectivity index (χ4v) is 4.06. The third-order valence-electron chi connectivity index (χ3n) is 4.97. The van der Waals surface area contributed by atoms with Crippen LogP contribution in [0.3, 0.4) is 0 Å². The summed E-state index contributed by atoms with van der Waals surface area (Å²) in [6.07, 6.45) is 3.52. The molecule has 0 radical (unpaired) electrons. The van der Waals surface area contributed by atoms with Crippen LogP contribution >= 0.6 is 11.3 Å². The van der Waals surface area contributed by atoms with E-state index in [-0.39, 0.29) is 5.56 Å². The monoisotopic (exact) mass is 365 g/mol. The first-order valence-electron chi connectivity index (χ1n) is 9.07. The van der Waals surface area contributed by atoms with Gasteiger partial charge in [-0.3, -0.25) is 9.69 Å². The zero-order chi connectivity index (χ0) is 17.9. The molecule has 2 heterocycles. The summed E-state index contributed by atoms with van der Waals surface area (Å²) in [6.45, 7) is 1.79. The van der Waals surface area contributed by atoms with E-state index in [1.165, 1.54) is 17.5 Å². The van der Waals surface area contributed by atoms with Crippen molar-refractivity contribution in [3.8, 4) is 11.4 Å². The van der Waals surface area contributed by atoms with E-state index in [1.807, 2.05) is 12.1 Å². The molecular weight excluding hydrogens is 342 g/mol. The highest BCUT2D eigenvalue weighted by molar-refractivity contribution is 7.07. The van der Waals surface area contributed by atoms with E-state index in [1.54, 1.807) is 17.4 Å². The highest BCUT2D eigenvalue weighted by Gasteiger charge is 2.22. The molecule has 0 spiro atoms. The van der Waals surface area contributed by atoms with Crippen molar-refractivity contribution in [2.24, 2.45) is 0 Å². The van der Waals surface area contributed by atoms with Gasteiger partial charge in [0.25, 0.3) is 5.56 Å². The Hall–Kier alpha value is -2.24. The lowest BCUT2D eigenvalue weighted by molar-refractivity contribution is 0.319. The summed E-state index contributed by atoms with van der Waals surface area (Å²) in [5, 5.41) is 4.30. The van der Waals surface area contributed by atoms with E-state index in [9.17, 15) is 4.79 Å². The summed E-state index contributed by atoms with van der Waals surface area (Å²) >= 11 is 1.73. The molecule has 1 aliphatic carbocycles. The standard InChI is InChI=1S/C21H23N3OS/c1-24(13-16-8-9-26-14-16)12-15-4-2-7-18(10-15)21-22-19(11-20(25)23-21)17-5-3-6-17/h2,4,7-11,14,17H,3,5-6,12-13H2,1H3,(H,22,23,25). The first kappa shape index (κ1) is 17.2. The lowest BCUT2D eigenvalue weighted by Crippen LogP contribution is -2.18. The Balaban J connectivity index is 1.54. The van der Waals surface area contributed by atoms with Gasteiger partial charge in [-0.25, -0.2) is 4.98 Å². The number of hydrogen-bond donors (Lipinski definition) is 1. The molecule has 0 bridgehead atoms. The number of aromatic amines is 1. The van der Waals surface area contributed by atoms with E-state index in [0.29, 0.717) is 11.7 Å². The Kier molecular flexibility index (Phi) is 5.00. The van der Waals surface area contributed by atoms with Gasteiger partial charge in [0.2, 0.25) is 0 Å². The number of thiophene rings is 1. The van der Waals surface area contributed by atoms with Crippen molar-refractivity contribution in [2.45, 2.75) is 38.3 Å². The molecule has 0 unspecified atom stereocenters. The normalized spacial score (nSPS) is 14.5. The molecule has 4 nitrogen and oxygen atoms in total. The molecule has 1 fully saturated rings. The van der Waals surface area contributed by atoms with Crippen molar-refractivity contribution in [3.05, 3.63) is 74.3 Å². The highest BCUT2D eigenvalue weighted by Crippen LogP contribution is 2.35. The minimum Gasteiger partial charge on any atom is -0.307 e. The molecule has 1 aromatic carbocycles. The maximum Gasteiger partial charge on any atom is 0.251 e. The largest absolute Gasteiger partial charge is 0.307 e. The van der Waals surface area contributed by atoms with Gasteiger partial charge in [-0.05, 0) is 53.9 Å². The summed E-state index contributed by atoms with van der Waals surface area (Å²) < 4.78 is 0. The van der Waals surface area contributed by atoms with E-state index < -0.39 is 0 Å². The van der Waals surface area contributed by atoms with Crippen LogP contribution in [0.5, 0.6) is 0 Å². The molecule has 0 atom stereocenters. The Morgan fingerprint density at radius 1 is 1.19 bits per heavy atom. The van der Waals surface area contributed by atoms with Gasteiger partial charge in [0, 0.05) is 30.6 Å². The molecule has 0 aliphatic heterocycles. The van der Waals surface area contributed by atoms with Crippen LogP contribution in [-0.2, 0) is 13.1 Å². The summed E-state index contributed by atoms with van der Waals surface area (Å²) in [4.78, 5) is 22.0. The van der Waals surface area contributed by atoms with E-state index in [0.717, 1.165) is 37.2 Å². The Labute approximate surface area is 157 Å². The quantitative estimate of drug-likeness (QED) is 0.704. The molecule has 1 saturated carbocycles. The van der Waals surface area contributed by atoms with Crippen molar-refractivity contribution in [2.75, 3.05) is 7.05 Å². The molecular formula is C21H23N3OS. The van der Waals surface area contributed by atoms with E-state index >= 15 is 0 Å². The fraction of sp³-hybridized carbons (Fsp3) is 0.333. The minimum absolute atomic E-state index is 0.0584. The van der Waals surface area contributed by atoms with Gasteiger partial charge in [0.05, 0.1) is 5.69 Å². The molecule has 2 aromatic heterocycles. The zero-order valence-corrected chi connectivity index (χ0v) is 15.8. The van der Waals surface area contributed by atoms with Crippen molar-refractivity contribution >= 4 is 11.3 Å². The van der Waals surface area contributed by atoms with Crippen LogP contribution in [0.4, 0.5) is 0 Å². The summed E-state index contributed by atoms with van der Waals surface area (Å²) in [6, 6.07) is 12.1. The SMILES string of the molecule is CN(Cc1ccsc1)Cc1cccc(-c2nc(C3CCC3)cc(=O)[nH]2)c1. The first-order valence-corrected chi connectivity index (χ1v) is 10.0. The third kappa shape index (κ3) is 3.94. The van der Waals surface area contributed by atoms with Crippen LogP contribution in [0.2, 0.25) is 0 Å². The molecule has 1 N–H and O–H groups in total. The van der Waals surface area contributed by atoms with Gasteiger partial charge < -0.3 is 4.98 Å². The van der Waals surface area contributed by atoms with Gasteiger partial charge in [-0.15, -0.1) is 0 Å². The maximum atomic E-state index is 12.1. The predicted octanol–water partition coefficient (Wildman–Crippen LogP) is 4.40. The average molecular weight is 366 g/mol. The maximum absolute atomic E-state index is 12.1. The number of nitrogens with zero attached hydrogens (tertiary/aromatic N) is 2. The lowest BCUT2D eigenvalue weighted by atomic mass is 9.83. The van der Waals surface area contributed by atoms with Gasteiger partial charge in [0.15, 0.2) is 0 Å². The number of hydrogen-bond acceptors (Lipinski definition) is 4. The van der Waals surface area contributed by atoms with Gasteiger partial charge in [-0.1, -0.05) is 24.6 Å². The lowest BCUT2D eigenvalue weighted by Gasteiger charge is -2.24. The molecule has 0 saturated heterocycles. The second-order valence-electron chi connectivity index (χ2n) is 7.15. The van der Waals surface area contributed by atoms with Crippen molar-refractivity contribution < 1.29 is 0 Å². The van der Waals surface area contributed by atoms with Crippen LogP contribution < -0.4 is 5.56 Å². The zero-order valence-electron chi connectivity index (χ0n) is 14.9. The van der Waals surface area contributed by atoms with Gasteiger partial charge in [-0.2, -0.15) is 11.3 Å². The van der Waals surface area contributed by atoms with Crippen molar-refractivity contribution in [3.63, 3.8) is 0 Å². The van der Waals surface area contributed by atoms with E-state index in [4.69, 9.17) is 4.98 Å². The highest BCUT2D eigenvalue weighted by atomic mass is 32.1. The topological polar surface area (TPSA) is 49.0 Å². The van der Waals surface area contributed by atoms with Crippen LogP contribution in [0.15, 0.2) is 52.0 Å². The van der Waals surface area contributed by atoms with Crippen LogP contribution in [0, 0.1) is 0 Å². The number of benzene rings is 1. The molecule has 0 amide bonds. The first-order chi connectivity index (χ1) is 12.7. The number of H-pyrrole nitrogens is 1. The van der Waals surface area contributed by atoms with Crippen molar-refractivity contribution in [1.29, 1.82) is 0 Å². The number of rotatable bonds is 6. The van der Waals surface area contributed by atoms with E-state index in [2.05, 4.69) is 45.9 Å². The molecule has 1 aliphatic rings. The molecule has 134 valence electrons. The van der Waals surface area contributed by atoms with Gasteiger partial charge in [0.1, 0.15) is 5.82 Å². The molecule has 26 heavy (non-hydrogen) atoms. The predicted molar refractivity (Wildman–Crippen MR) is 106 cm³/mol. The Bertz CT molecular complexity index is 928. The summed E-state index contributed by atoms with van der Waals surface area (Å²) in [5.41, 5.74) is 4.42. The third-order valence-corrected chi connectivity index (χ3v) is 5.70. The molecule has 5 heteroatoms. The fourth-order valence-electron chi connectivity index (χ4n) is 3.41. The average Bonchev–Trinajstić information content (AvgIpc) is 3.05. The molecule has 4 rings (SSSR count). The van der Waals surface area contributed by atoms with Crippen molar-refractivity contribution in [1.82, 2.24) is 14.9 Å². The van der Waals surface area contributed by atoms with Gasteiger partial charge >= 0.3 is 0 Å². The second kappa shape index (κ2) is 7.56. The smallest absolute Gasteiger partial charge is 0.251 e. The minimum atomic E-state index is -0.0584. The summed E-state index contributed by atoms with van der Waals surface area (Å²) in [5.74, 6) is 1.14.